The molecule has 1 N–H and O–H groups in total. The maximum atomic E-state index is 4.66. The number of rotatable bonds is 5. The quantitative estimate of drug-likeness (QED) is 0.919. The fourth-order valence-electron chi connectivity index (χ4n) is 3.61. The number of hydrogen-bond acceptors (Lipinski definition) is 5. The first-order valence-corrected chi connectivity index (χ1v) is 8.57. The van der Waals surface area contributed by atoms with E-state index in [9.17, 15) is 0 Å². The number of nitrogens with one attached hydrogen (secondary N) is 1. The minimum Gasteiger partial charge on any atom is -0.353 e. The molecule has 0 bridgehead atoms. The van der Waals surface area contributed by atoms with E-state index in [1.807, 2.05) is 6.20 Å². The van der Waals surface area contributed by atoms with Crippen LogP contribution in [-0.2, 0) is 0 Å². The van der Waals surface area contributed by atoms with Gasteiger partial charge in [0, 0.05) is 25.5 Å². The predicted molar refractivity (Wildman–Crippen MR) is 87.0 cm³/mol. The number of aromatic nitrogens is 4. The van der Waals surface area contributed by atoms with Gasteiger partial charge in [0.1, 0.15) is 0 Å². The monoisotopic (exact) mass is 300 g/mol. The van der Waals surface area contributed by atoms with Gasteiger partial charge in [-0.3, -0.25) is 4.68 Å². The fraction of sp³-hybridized carbons (Fsp3) is 0.688. The molecule has 0 radical (unpaired) electrons. The highest BCUT2D eigenvalue weighted by Crippen LogP contribution is 2.29. The highest BCUT2D eigenvalue weighted by molar-refractivity contribution is 5.73. The van der Waals surface area contributed by atoms with Gasteiger partial charge in [-0.05, 0) is 38.8 Å². The van der Waals surface area contributed by atoms with Gasteiger partial charge in [0.2, 0.25) is 5.95 Å². The maximum absolute atomic E-state index is 4.66. The van der Waals surface area contributed by atoms with Crippen LogP contribution in [0.4, 0.5) is 5.95 Å². The Labute approximate surface area is 130 Å². The Morgan fingerprint density at radius 1 is 1.14 bits per heavy atom. The van der Waals surface area contributed by atoms with Gasteiger partial charge in [-0.15, -0.1) is 0 Å². The Balaban J connectivity index is 1.41. The Kier molecular flexibility index (Phi) is 3.93. The van der Waals surface area contributed by atoms with Crippen LogP contribution in [0.15, 0.2) is 12.4 Å². The predicted octanol–water partition coefficient (Wildman–Crippen LogP) is 2.45. The molecule has 0 amide bonds. The molecule has 2 fully saturated rings. The summed E-state index contributed by atoms with van der Waals surface area (Å²) < 4.78 is 2.10. The highest BCUT2D eigenvalue weighted by Gasteiger charge is 2.18. The summed E-state index contributed by atoms with van der Waals surface area (Å²) in [7, 11) is 0. The van der Waals surface area contributed by atoms with Crippen LogP contribution in [0.5, 0.6) is 0 Å². The Morgan fingerprint density at radius 2 is 1.95 bits per heavy atom. The van der Waals surface area contributed by atoms with Crippen molar-refractivity contribution in [1.29, 1.82) is 0 Å². The van der Waals surface area contributed by atoms with Crippen LogP contribution < -0.4 is 5.32 Å². The average Bonchev–Trinajstić information content (AvgIpc) is 3.27. The molecule has 0 atom stereocenters. The number of likely N-dealkylation sites (tertiary alicyclic amines) is 1. The van der Waals surface area contributed by atoms with Gasteiger partial charge in [-0.25, -0.2) is 4.98 Å². The van der Waals surface area contributed by atoms with E-state index in [1.165, 1.54) is 51.6 Å². The van der Waals surface area contributed by atoms with Gasteiger partial charge in [0.25, 0.3) is 0 Å². The minimum atomic E-state index is 0.556. The van der Waals surface area contributed by atoms with E-state index in [2.05, 4.69) is 36.2 Å². The fourth-order valence-corrected chi connectivity index (χ4v) is 3.61. The Morgan fingerprint density at radius 3 is 2.77 bits per heavy atom. The maximum Gasteiger partial charge on any atom is 0.224 e. The molecular weight excluding hydrogens is 276 g/mol. The molecule has 3 heterocycles. The van der Waals surface area contributed by atoms with E-state index >= 15 is 0 Å². The normalized spacial score (nSPS) is 20.2. The zero-order valence-electron chi connectivity index (χ0n) is 13.0. The summed E-state index contributed by atoms with van der Waals surface area (Å²) in [5.74, 6) is 0.698. The topological polar surface area (TPSA) is 58.9 Å². The SMILES string of the molecule is c1nc(NCCN2CCCC2)nc2nn(C3CCCC3)cc12. The molecule has 118 valence electrons. The largest absolute Gasteiger partial charge is 0.353 e. The smallest absolute Gasteiger partial charge is 0.224 e. The van der Waals surface area contributed by atoms with Crippen molar-refractivity contribution in [2.75, 3.05) is 31.5 Å². The molecule has 2 aliphatic rings. The molecule has 6 heteroatoms. The van der Waals surface area contributed by atoms with Crippen LogP contribution in [0.1, 0.15) is 44.6 Å². The van der Waals surface area contributed by atoms with Crippen molar-refractivity contribution < 1.29 is 0 Å². The first-order chi connectivity index (χ1) is 10.9. The summed E-state index contributed by atoms with van der Waals surface area (Å²) in [6.45, 7) is 4.42. The van der Waals surface area contributed by atoms with Crippen LogP contribution in [-0.4, -0.2) is 50.8 Å². The molecular formula is C16H24N6. The summed E-state index contributed by atoms with van der Waals surface area (Å²) in [5, 5.41) is 9.02. The van der Waals surface area contributed by atoms with E-state index in [1.54, 1.807) is 0 Å². The highest BCUT2D eigenvalue weighted by atomic mass is 15.3. The van der Waals surface area contributed by atoms with E-state index in [0.717, 1.165) is 24.1 Å². The lowest BCUT2D eigenvalue weighted by molar-refractivity contribution is 0.352. The van der Waals surface area contributed by atoms with Gasteiger partial charge < -0.3 is 10.2 Å². The van der Waals surface area contributed by atoms with Crippen molar-refractivity contribution in [2.45, 2.75) is 44.6 Å². The van der Waals surface area contributed by atoms with Crippen molar-refractivity contribution in [3.8, 4) is 0 Å². The summed E-state index contributed by atoms with van der Waals surface area (Å²) in [4.78, 5) is 11.5. The second kappa shape index (κ2) is 6.20. The van der Waals surface area contributed by atoms with Gasteiger partial charge in [-0.2, -0.15) is 10.1 Å². The van der Waals surface area contributed by atoms with Gasteiger partial charge in [-0.1, -0.05) is 12.8 Å². The van der Waals surface area contributed by atoms with Crippen molar-refractivity contribution in [2.24, 2.45) is 0 Å². The number of hydrogen-bond donors (Lipinski definition) is 1. The first kappa shape index (κ1) is 13.9. The molecule has 1 saturated carbocycles. The molecule has 0 spiro atoms. The zero-order valence-corrected chi connectivity index (χ0v) is 13.0. The molecule has 1 saturated heterocycles. The summed E-state index contributed by atoms with van der Waals surface area (Å²) in [6.07, 6.45) is 11.8. The Hall–Kier alpha value is -1.69. The van der Waals surface area contributed by atoms with E-state index in [-0.39, 0.29) is 0 Å². The van der Waals surface area contributed by atoms with Crippen LogP contribution in [0.2, 0.25) is 0 Å². The van der Waals surface area contributed by atoms with Crippen molar-refractivity contribution in [1.82, 2.24) is 24.6 Å². The zero-order chi connectivity index (χ0) is 14.8. The van der Waals surface area contributed by atoms with Crippen LogP contribution >= 0.6 is 0 Å². The summed E-state index contributed by atoms with van der Waals surface area (Å²) >= 11 is 0. The number of nitrogens with zero attached hydrogens (tertiary/aromatic N) is 5. The van der Waals surface area contributed by atoms with Crippen molar-refractivity contribution >= 4 is 17.0 Å². The Bertz CT molecular complexity index is 625. The van der Waals surface area contributed by atoms with E-state index in [4.69, 9.17) is 0 Å². The van der Waals surface area contributed by atoms with E-state index in [0.29, 0.717) is 12.0 Å². The summed E-state index contributed by atoms with van der Waals surface area (Å²) in [5.41, 5.74) is 0.811. The lowest BCUT2D eigenvalue weighted by atomic mass is 10.3. The number of anilines is 1. The van der Waals surface area contributed by atoms with E-state index < -0.39 is 0 Å². The third kappa shape index (κ3) is 2.92. The van der Waals surface area contributed by atoms with Gasteiger partial charge in [0.05, 0.1) is 11.4 Å². The van der Waals surface area contributed by atoms with Crippen LogP contribution in [0.25, 0.3) is 11.0 Å². The molecule has 22 heavy (non-hydrogen) atoms. The van der Waals surface area contributed by atoms with Gasteiger partial charge >= 0.3 is 0 Å². The molecule has 2 aromatic heterocycles. The lowest BCUT2D eigenvalue weighted by Gasteiger charge is -2.14. The van der Waals surface area contributed by atoms with Crippen molar-refractivity contribution in [3.63, 3.8) is 0 Å². The molecule has 0 unspecified atom stereocenters. The number of fused-ring (bicyclic) bond motifs is 1. The second-order valence-corrected chi connectivity index (χ2v) is 6.50. The molecule has 0 aromatic carbocycles. The molecule has 2 aromatic rings. The second-order valence-electron chi connectivity index (χ2n) is 6.50. The standard InChI is InChI=1S/C16H24N6/c1-2-6-14(5-1)22-12-13-11-18-16(19-15(13)20-22)17-7-10-21-8-3-4-9-21/h11-12,14H,1-10H2,(H,17,19,20). The third-order valence-corrected chi connectivity index (χ3v) is 4.89. The molecule has 1 aliphatic carbocycles. The molecule has 1 aliphatic heterocycles. The lowest BCUT2D eigenvalue weighted by Crippen LogP contribution is -2.26. The molecule has 6 nitrogen and oxygen atoms in total. The minimum absolute atomic E-state index is 0.556. The third-order valence-electron chi connectivity index (χ3n) is 4.89. The first-order valence-electron chi connectivity index (χ1n) is 8.57. The van der Waals surface area contributed by atoms with Crippen LogP contribution in [0, 0.1) is 0 Å². The van der Waals surface area contributed by atoms with Crippen molar-refractivity contribution in [3.05, 3.63) is 12.4 Å². The van der Waals surface area contributed by atoms with Gasteiger partial charge in [0.15, 0.2) is 5.65 Å². The van der Waals surface area contributed by atoms with Crippen LogP contribution in [0.3, 0.4) is 0 Å². The summed E-state index contributed by atoms with van der Waals surface area (Å²) in [6, 6.07) is 0.556. The molecule has 4 rings (SSSR count). The average molecular weight is 300 g/mol.